The average Bonchev–Trinajstić information content (AvgIpc) is 2.81. The molecular weight excluding hydrogens is 248 g/mol. The maximum absolute atomic E-state index is 5.95. The molecule has 0 aliphatic carbocycles. The van der Waals surface area contributed by atoms with Gasteiger partial charge in [-0.15, -0.1) is 10.2 Å². The van der Waals surface area contributed by atoms with Crippen LogP contribution in [0.25, 0.3) is 17.8 Å². The molecule has 0 aliphatic heterocycles. The predicted octanol–water partition coefficient (Wildman–Crippen LogP) is 3.10. The Morgan fingerprint density at radius 1 is 1.00 bits per heavy atom. The molecule has 2 heterocycles. The molecule has 3 rings (SSSR count). The van der Waals surface area contributed by atoms with Gasteiger partial charge in [-0.25, -0.2) is 0 Å². The van der Waals surface area contributed by atoms with E-state index in [0.29, 0.717) is 11.3 Å². The maximum atomic E-state index is 5.95. The quantitative estimate of drug-likeness (QED) is 0.773. The number of fused-ring (bicyclic) bond motifs is 1. The molecule has 4 heteroatoms. The highest BCUT2D eigenvalue weighted by Gasteiger charge is 2.06. The first-order valence-corrected chi connectivity index (χ1v) is 6.49. The molecular formula is C16H16N4. The van der Waals surface area contributed by atoms with Crippen LogP contribution in [0.3, 0.4) is 0 Å². The van der Waals surface area contributed by atoms with E-state index in [1.54, 1.807) is 0 Å². The lowest BCUT2D eigenvalue weighted by atomic mass is 10.1. The Bertz CT molecular complexity index is 782. The second-order valence-corrected chi connectivity index (χ2v) is 4.97. The largest absolute Gasteiger partial charge is 0.396 e. The Morgan fingerprint density at radius 3 is 2.50 bits per heavy atom. The molecule has 0 spiro atoms. The van der Waals surface area contributed by atoms with Gasteiger partial charge in [0, 0.05) is 6.20 Å². The summed E-state index contributed by atoms with van der Waals surface area (Å²) in [5.41, 5.74) is 10.8. The molecule has 20 heavy (non-hydrogen) atoms. The Kier molecular flexibility index (Phi) is 2.99. The van der Waals surface area contributed by atoms with Crippen molar-refractivity contribution in [2.24, 2.45) is 0 Å². The van der Waals surface area contributed by atoms with Crippen molar-refractivity contribution in [2.75, 3.05) is 5.73 Å². The summed E-state index contributed by atoms with van der Waals surface area (Å²) < 4.78 is 1.91. The van der Waals surface area contributed by atoms with E-state index in [1.807, 2.05) is 35.7 Å². The molecule has 1 aromatic carbocycles. The molecule has 0 aliphatic rings. The number of hydrogen-bond donors (Lipinski definition) is 1. The molecule has 2 aromatic heterocycles. The number of aryl methyl sites for hydroxylation is 2. The summed E-state index contributed by atoms with van der Waals surface area (Å²) in [6, 6.07) is 10.2. The zero-order chi connectivity index (χ0) is 14.1. The van der Waals surface area contributed by atoms with Crippen molar-refractivity contribution in [1.82, 2.24) is 14.6 Å². The van der Waals surface area contributed by atoms with Crippen molar-refractivity contribution in [3.05, 3.63) is 59.0 Å². The van der Waals surface area contributed by atoms with E-state index in [4.69, 9.17) is 5.73 Å². The summed E-state index contributed by atoms with van der Waals surface area (Å²) in [4.78, 5) is 0. The van der Waals surface area contributed by atoms with Gasteiger partial charge in [-0.05, 0) is 37.1 Å². The first-order valence-electron chi connectivity index (χ1n) is 6.49. The number of anilines is 1. The summed E-state index contributed by atoms with van der Waals surface area (Å²) in [6.45, 7) is 4.08. The van der Waals surface area contributed by atoms with Crippen molar-refractivity contribution >= 4 is 23.5 Å². The third-order valence-electron chi connectivity index (χ3n) is 3.20. The first-order chi connectivity index (χ1) is 9.63. The molecule has 0 atom stereocenters. The van der Waals surface area contributed by atoms with Crippen LogP contribution in [0.4, 0.5) is 5.69 Å². The number of benzene rings is 1. The molecule has 0 unspecified atom stereocenters. The smallest absolute Gasteiger partial charge is 0.184 e. The lowest BCUT2D eigenvalue weighted by Crippen LogP contribution is -1.95. The zero-order valence-corrected chi connectivity index (χ0v) is 11.5. The highest BCUT2D eigenvalue weighted by molar-refractivity contribution is 5.71. The van der Waals surface area contributed by atoms with E-state index in [-0.39, 0.29) is 0 Å². The summed E-state index contributed by atoms with van der Waals surface area (Å²) >= 11 is 0. The number of nitrogen functional groups attached to an aromatic ring is 1. The van der Waals surface area contributed by atoms with Crippen LogP contribution in [-0.2, 0) is 0 Å². The van der Waals surface area contributed by atoms with Crippen molar-refractivity contribution in [1.29, 1.82) is 0 Å². The summed E-state index contributed by atoms with van der Waals surface area (Å²) in [5, 5.41) is 8.30. The van der Waals surface area contributed by atoms with Crippen molar-refractivity contribution < 1.29 is 0 Å². The van der Waals surface area contributed by atoms with Crippen molar-refractivity contribution in [2.45, 2.75) is 13.8 Å². The van der Waals surface area contributed by atoms with E-state index < -0.39 is 0 Å². The number of hydrogen-bond acceptors (Lipinski definition) is 3. The molecule has 2 N–H and O–H groups in total. The number of rotatable bonds is 2. The lowest BCUT2D eigenvalue weighted by molar-refractivity contribution is 1.07. The molecule has 0 amide bonds. The Balaban J connectivity index is 2.00. The van der Waals surface area contributed by atoms with Crippen LogP contribution in [0.1, 0.15) is 22.5 Å². The monoisotopic (exact) mass is 264 g/mol. The number of nitrogens with two attached hydrogens (primary N) is 1. The molecule has 0 radical (unpaired) electrons. The first kappa shape index (κ1) is 12.4. The zero-order valence-electron chi connectivity index (χ0n) is 11.5. The van der Waals surface area contributed by atoms with Gasteiger partial charge >= 0.3 is 0 Å². The minimum absolute atomic E-state index is 0.646. The Labute approximate surface area is 117 Å². The van der Waals surface area contributed by atoms with Crippen molar-refractivity contribution in [3.8, 4) is 0 Å². The molecule has 0 fully saturated rings. The van der Waals surface area contributed by atoms with Crippen LogP contribution < -0.4 is 5.73 Å². The lowest BCUT2D eigenvalue weighted by Gasteiger charge is -2.00. The van der Waals surface area contributed by atoms with Gasteiger partial charge in [-0.3, -0.25) is 4.40 Å². The maximum Gasteiger partial charge on any atom is 0.184 e. The topological polar surface area (TPSA) is 56.2 Å². The van der Waals surface area contributed by atoms with Crippen LogP contribution in [0, 0.1) is 13.8 Å². The van der Waals surface area contributed by atoms with Crippen molar-refractivity contribution in [3.63, 3.8) is 0 Å². The summed E-state index contributed by atoms with van der Waals surface area (Å²) in [7, 11) is 0. The fraction of sp³-hybridized carbons (Fsp3) is 0.125. The second-order valence-electron chi connectivity index (χ2n) is 4.97. The fourth-order valence-corrected chi connectivity index (χ4v) is 2.14. The minimum Gasteiger partial charge on any atom is -0.396 e. The number of aromatic nitrogens is 3. The van der Waals surface area contributed by atoms with Gasteiger partial charge in [0.15, 0.2) is 11.5 Å². The van der Waals surface area contributed by atoms with Crippen LogP contribution in [-0.4, -0.2) is 14.6 Å². The highest BCUT2D eigenvalue weighted by Crippen LogP contribution is 2.16. The normalized spacial score (nSPS) is 11.5. The predicted molar refractivity (Wildman–Crippen MR) is 82.2 cm³/mol. The minimum atomic E-state index is 0.646. The van der Waals surface area contributed by atoms with Crippen LogP contribution >= 0.6 is 0 Å². The van der Waals surface area contributed by atoms with E-state index in [9.17, 15) is 0 Å². The van der Waals surface area contributed by atoms with Gasteiger partial charge in [0.25, 0.3) is 0 Å². The number of pyridine rings is 1. The van der Waals surface area contributed by atoms with Gasteiger partial charge < -0.3 is 5.73 Å². The molecule has 100 valence electrons. The Morgan fingerprint density at radius 2 is 1.75 bits per heavy atom. The van der Waals surface area contributed by atoms with Crippen LogP contribution in [0.15, 0.2) is 36.5 Å². The standard InChI is InChI=1S/C16H16N4/c1-11-3-5-13(6-4-11)7-8-15-18-19-16-14(17)9-12(2)10-20(15)16/h3-10H,17H2,1-2H3/b8-7+. The summed E-state index contributed by atoms with van der Waals surface area (Å²) in [5.74, 6) is 0.774. The SMILES string of the molecule is Cc1ccc(/C=C/c2nnc3c(N)cc(C)cn23)cc1. The van der Waals surface area contributed by atoms with E-state index in [1.165, 1.54) is 5.56 Å². The van der Waals surface area contributed by atoms with Crippen LogP contribution in [0.5, 0.6) is 0 Å². The van der Waals surface area contributed by atoms with Gasteiger partial charge in [-0.2, -0.15) is 0 Å². The van der Waals surface area contributed by atoms with E-state index in [2.05, 4.69) is 41.4 Å². The highest BCUT2D eigenvalue weighted by atomic mass is 15.2. The third-order valence-corrected chi connectivity index (χ3v) is 3.20. The molecule has 0 saturated carbocycles. The molecule has 3 aromatic rings. The molecule has 4 nitrogen and oxygen atoms in total. The van der Waals surface area contributed by atoms with E-state index in [0.717, 1.165) is 17.0 Å². The van der Waals surface area contributed by atoms with Gasteiger partial charge in [0.1, 0.15) is 0 Å². The average molecular weight is 264 g/mol. The van der Waals surface area contributed by atoms with Gasteiger partial charge in [0.2, 0.25) is 0 Å². The van der Waals surface area contributed by atoms with Crippen LogP contribution in [0.2, 0.25) is 0 Å². The third kappa shape index (κ3) is 2.28. The number of nitrogens with zero attached hydrogens (tertiary/aromatic N) is 3. The van der Waals surface area contributed by atoms with E-state index >= 15 is 0 Å². The molecule has 0 saturated heterocycles. The second kappa shape index (κ2) is 4.81. The summed E-state index contributed by atoms with van der Waals surface area (Å²) in [6.07, 6.45) is 5.96. The van der Waals surface area contributed by atoms with Gasteiger partial charge in [-0.1, -0.05) is 35.9 Å². The molecule has 0 bridgehead atoms. The van der Waals surface area contributed by atoms with Gasteiger partial charge in [0.05, 0.1) is 5.69 Å². The Hall–Kier alpha value is -2.62. The fourth-order valence-electron chi connectivity index (χ4n) is 2.14.